The molecule has 0 fully saturated rings. The monoisotopic (exact) mass is 221 g/mol. The molecule has 0 amide bonds. The minimum atomic E-state index is -1.89. The van der Waals surface area contributed by atoms with Gasteiger partial charge in [0.05, 0.1) is 0 Å². The summed E-state index contributed by atoms with van der Waals surface area (Å²) in [5.41, 5.74) is 0. The van der Waals surface area contributed by atoms with E-state index < -0.39 is 8.25 Å². The molecule has 4 heteroatoms. The van der Waals surface area contributed by atoms with E-state index in [0.29, 0.717) is 25.0 Å². The summed E-state index contributed by atoms with van der Waals surface area (Å²) in [6.07, 6.45) is 1.85. The van der Waals surface area contributed by atoms with Gasteiger partial charge >= 0.3 is 8.25 Å². The van der Waals surface area contributed by atoms with Gasteiger partial charge in [0.25, 0.3) is 0 Å². The normalized spacial score (nSPS) is 11.3. The van der Waals surface area contributed by atoms with E-state index in [1.807, 2.05) is 0 Å². The highest BCUT2D eigenvalue weighted by molar-refractivity contribution is 7.33. The summed E-state index contributed by atoms with van der Waals surface area (Å²) >= 11 is 0. The second-order valence-corrected chi connectivity index (χ2v) is 5.22. The Morgan fingerprint density at radius 2 is 1.29 bits per heavy atom. The minimum absolute atomic E-state index is 0.522. The zero-order chi connectivity index (χ0) is 11.0. The summed E-state index contributed by atoms with van der Waals surface area (Å²) in [5.74, 6) is 1.16. The lowest BCUT2D eigenvalue weighted by Gasteiger charge is -1.99. The largest absolute Gasteiger partial charge is 0.697 e. The fourth-order valence-corrected chi connectivity index (χ4v) is 1.35. The van der Waals surface area contributed by atoms with Crippen LogP contribution in [0.2, 0.25) is 0 Å². The Balaban J connectivity index is 3.28. The second-order valence-electron chi connectivity index (χ2n) is 4.26. The van der Waals surface area contributed by atoms with E-state index in [-0.39, 0.29) is 0 Å². The number of rotatable bonds is 8. The average Bonchev–Trinajstić information content (AvgIpc) is 2.02. The Morgan fingerprint density at radius 1 is 0.929 bits per heavy atom. The molecule has 3 nitrogen and oxygen atoms in total. The quantitative estimate of drug-likeness (QED) is 0.585. The molecule has 0 atom stereocenters. The molecule has 0 aromatic heterocycles. The summed E-state index contributed by atoms with van der Waals surface area (Å²) in [5, 5.41) is 0. The van der Waals surface area contributed by atoms with E-state index in [1.54, 1.807) is 0 Å². The Labute approximate surface area is 88.1 Å². The van der Waals surface area contributed by atoms with E-state index in [1.165, 1.54) is 0 Å². The van der Waals surface area contributed by atoms with Crippen LogP contribution in [-0.4, -0.2) is 13.2 Å². The maximum atomic E-state index is 11.1. The van der Waals surface area contributed by atoms with Crippen LogP contribution in [0.4, 0.5) is 0 Å². The molecule has 0 radical (unpaired) electrons. The third kappa shape index (κ3) is 10.1. The molecule has 0 unspecified atom stereocenters. The standard InChI is InChI=1S/C10H22O3P/c1-9(2)5-7-12-14(11)13-8-6-10(3)4/h9-10H,5-8H2,1-4H3/q+1. The van der Waals surface area contributed by atoms with Crippen LogP contribution >= 0.6 is 8.25 Å². The van der Waals surface area contributed by atoms with Crippen molar-refractivity contribution in [2.75, 3.05) is 13.2 Å². The molecular weight excluding hydrogens is 199 g/mol. The van der Waals surface area contributed by atoms with Crippen molar-refractivity contribution in [3.05, 3.63) is 0 Å². The molecule has 0 aromatic carbocycles. The third-order valence-corrected chi connectivity index (χ3v) is 2.57. The molecule has 0 N–H and O–H groups in total. The molecule has 0 aromatic rings. The van der Waals surface area contributed by atoms with Crippen molar-refractivity contribution in [1.82, 2.24) is 0 Å². The predicted octanol–water partition coefficient (Wildman–Crippen LogP) is 3.77. The van der Waals surface area contributed by atoms with Crippen LogP contribution in [0.5, 0.6) is 0 Å². The van der Waals surface area contributed by atoms with E-state index in [4.69, 9.17) is 9.05 Å². The molecule has 0 heterocycles. The first-order valence-electron chi connectivity index (χ1n) is 5.25. The van der Waals surface area contributed by atoms with E-state index >= 15 is 0 Å². The zero-order valence-electron chi connectivity index (χ0n) is 9.66. The Kier molecular flexibility index (Phi) is 8.35. The lowest BCUT2D eigenvalue weighted by atomic mass is 10.2. The molecule has 0 aliphatic heterocycles. The topological polar surface area (TPSA) is 35.5 Å². The fraction of sp³-hybridized carbons (Fsp3) is 1.00. The van der Waals surface area contributed by atoms with Crippen molar-refractivity contribution in [1.29, 1.82) is 0 Å². The maximum Gasteiger partial charge on any atom is 0.697 e. The second kappa shape index (κ2) is 8.34. The van der Waals surface area contributed by atoms with Crippen LogP contribution in [0.15, 0.2) is 0 Å². The van der Waals surface area contributed by atoms with Crippen molar-refractivity contribution < 1.29 is 13.6 Å². The van der Waals surface area contributed by atoms with Gasteiger partial charge in [0, 0.05) is 4.57 Å². The molecule has 0 saturated carbocycles. The number of hydrogen-bond acceptors (Lipinski definition) is 3. The molecule has 14 heavy (non-hydrogen) atoms. The first-order chi connectivity index (χ1) is 6.52. The highest BCUT2D eigenvalue weighted by Crippen LogP contribution is 2.25. The molecule has 0 bridgehead atoms. The van der Waals surface area contributed by atoms with Gasteiger partial charge in [0.1, 0.15) is 13.2 Å². The highest BCUT2D eigenvalue weighted by atomic mass is 31.1. The summed E-state index contributed by atoms with van der Waals surface area (Å²) in [7, 11) is -1.89. The zero-order valence-corrected chi connectivity index (χ0v) is 10.5. The third-order valence-electron chi connectivity index (χ3n) is 1.78. The van der Waals surface area contributed by atoms with Gasteiger partial charge < -0.3 is 0 Å². The summed E-state index contributed by atoms with van der Waals surface area (Å²) in [6, 6.07) is 0. The lowest BCUT2D eigenvalue weighted by Crippen LogP contribution is -1.97. The molecule has 0 aliphatic rings. The molecule has 0 spiro atoms. The SMILES string of the molecule is CC(C)CCO[P+](=O)OCCC(C)C. The van der Waals surface area contributed by atoms with Gasteiger partial charge in [-0.2, -0.15) is 0 Å². The smallest absolute Gasteiger partial charge is 0.119 e. The van der Waals surface area contributed by atoms with Crippen LogP contribution in [0.3, 0.4) is 0 Å². The van der Waals surface area contributed by atoms with Gasteiger partial charge in [-0.05, 0) is 24.7 Å². The lowest BCUT2D eigenvalue weighted by molar-refractivity contribution is 0.208. The van der Waals surface area contributed by atoms with Gasteiger partial charge in [0.2, 0.25) is 0 Å². The average molecular weight is 221 g/mol. The van der Waals surface area contributed by atoms with Crippen molar-refractivity contribution >= 4 is 8.25 Å². The number of hydrogen-bond donors (Lipinski definition) is 0. The maximum absolute atomic E-state index is 11.1. The molecule has 0 aliphatic carbocycles. The molecule has 0 rings (SSSR count). The fourth-order valence-electron chi connectivity index (χ4n) is 0.763. The first kappa shape index (κ1) is 14.0. The van der Waals surface area contributed by atoms with Gasteiger partial charge in [-0.1, -0.05) is 27.7 Å². The van der Waals surface area contributed by atoms with Crippen LogP contribution in [0, 0.1) is 11.8 Å². The van der Waals surface area contributed by atoms with E-state index in [9.17, 15) is 4.57 Å². The summed E-state index contributed by atoms with van der Waals surface area (Å²) < 4.78 is 21.2. The molecule has 84 valence electrons. The molecular formula is C10H22O3P+. The molecule has 0 saturated heterocycles. The van der Waals surface area contributed by atoms with Crippen molar-refractivity contribution in [3.63, 3.8) is 0 Å². The van der Waals surface area contributed by atoms with Crippen molar-refractivity contribution in [2.24, 2.45) is 11.8 Å². The Morgan fingerprint density at radius 3 is 1.57 bits per heavy atom. The van der Waals surface area contributed by atoms with E-state index in [2.05, 4.69) is 27.7 Å². The first-order valence-corrected chi connectivity index (χ1v) is 6.35. The van der Waals surface area contributed by atoms with Gasteiger partial charge in [-0.15, -0.1) is 9.05 Å². The Bertz CT molecular complexity index is 141. The van der Waals surface area contributed by atoms with Gasteiger partial charge in [-0.25, -0.2) is 0 Å². The van der Waals surface area contributed by atoms with Gasteiger partial charge in [0.15, 0.2) is 0 Å². The summed E-state index contributed by atoms with van der Waals surface area (Å²) in [4.78, 5) is 0. The van der Waals surface area contributed by atoms with Crippen molar-refractivity contribution in [3.8, 4) is 0 Å². The minimum Gasteiger partial charge on any atom is -0.119 e. The van der Waals surface area contributed by atoms with Crippen molar-refractivity contribution in [2.45, 2.75) is 40.5 Å². The highest BCUT2D eigenvalue weighted by Gasteiger charge is 2.19. The Hall–Kier alpha value is 0.0200. The predicted molar refractivity (Wildman–Crippen MR) is 58.4 cm³/mol. The van der Waals surface area contributed by atoms with Crippen LogP contribution < -0.4 is 0 Å². The van der Waals surface area contributed by atoms with Gasteiger partial charge in [-0.3, -0.25) is 0 Å². The van der Waals surface area contributed by atoms with Crippen LogP contribution in [-0.2, 0) is 13.6 Å². The van der Waals surface area contributed by atoms with Crippen LogP contribution in [0.1, 0.15) is 40.5 Å². The van der Waals surface area contributed by atoms with Crippen LogP contribution in [0.25, 0.3) is 0 Å². The summed E-state index contributed by atoms with van der Waals surface area (Å²) in [6.45, 7) is 9.47. The van der Waals surface area contributed by atoms with E-state index in [0.717, 1.165) is 12.8 Å².